The highest BCUT2D eigenvalue weighted by atomic mass is 19.4. The minimum atomic E-state index is -4.51. The van der Waals surface area contributed by atoms with Gasteiger partial charge in [0.05, 0.1) is 0 Å². The van der Waals surface area contributed by atoms with Crippen molar-refractivity contribution in [3.8, 4) is 0 Å². The number of rotatable bonds is 2. The SMILES string of the molecule is CC(C(=O)c1cccc2ccccc12)C(F)(F)F. The van der Waals surface area contributed by atoms with Gasteiger partial charge in [0.2, 0.25) is 0 Å². The second-order valence-electron chi connectivity index (χ2n) is 4.15. The van der Waals surface area contributed by atoms with E-state index in [1.165, 1.54) is 6.07 Å². The van der Waals surface area contributed by atoms with Crippen molar-refractivity contribution in [1.29, 1.82) is 0 Å². The predicted octanol–water partition coefficient (Wildman–Crippen LogP) is 4.22. The largest absolute Gasteiger partial charge is 0.398 e. The maximum atomic E-state index is 12.6. The van der Waals surface area contributed by atoms with Gasteiger partial charge in [-0.1, -0.05) is 42.5 Å². The van der Waals surface area contributed by atoms with Gasteiger partial charge in [0.25, 0.3) is 0 Å². The molecule has 0 heterocycles. The Morgan fingerprint density at radius 1 is 1.06 bits per heavy atom. The number of fused-ring (bicyclic) bond motifs is 1. The fraction of sp³-hybridized carbons (Fsp3) is 0.214. The van der Waals surface area contributed by atoms with Gasteiger partial charge in [0.1, 0.15) is 5.92 Å². The Hall–Kier alpha value is -1.84. The molecule has 0 amide bonds. The van der Waals surface area contributed by atoms with Crippen LogP contribution in [0.4, 0.5) is 13.2 Å². The third-order valence-corrected chi connectivity index (χ3v) is 2.94. The molecule has 1 nitrogen and oxygen atoms in total. The number of Topliss-reactive ketones (excluding diaryl/α,β-unsaturated/α-hetero) is 1. The number of hydrogen-bond acceptors (Lipinski definition) is 1. The number of hydrogen-bond donors (Lipinski definition) is 0. The van der Waals surface area contributed by atoms with Crippen molar-refractivity contribution in [2.45, 2.75) is 13.1 Å². The third kappa shape index (κ3) is 2.23. The number of carbonyl (C=O) groups excluding carboxylic acids is 1. The first-order valence-corrected chi connectivity index (χ1v) is 5.50. The van der Waals surface area contributed by atoms with Gasteiger partial charge in [-0.3, -0.25) is 4.79 Å². The first kappa shape index (κ1) is 12.6. The number of benzene rings is 2. The van der Waals surface area contributed by atoms with Crippen LogP contribution in [0.1, 0.15) is 17.3 Å². The maximum absolute atomic E-state index is 12.6. The molecule has 0 N–H and O–H groups in total. The fourth-order valence-electron chi connectivity index (χ4n) is 1.82. The van der Waals surface area contributed by atoms with E-state index in [2.05, 4.69) is 0 Å². The molecule has 0 spiro atoms. The minimum absolute atomic E-state index is 0.123. The zero-order valence-corrected chi connectivity index (χ0v) is 9.66. The lowest BCUT2D eigenvalue weighted by molar-refractivity contribution is -0.155. The van der Waals surface area contributed by atoms with Gasteiger partial charge in [-0.15, -0.1) is 0 Å². The summed E-state index contributed by atoms with van der Waals surface area (Å²) in [5.74, 6) is -2.87. The van der Waals surface area contributed by atoms with Crippen LogP contribution in [0.3, 0.4) is 0 Å². The number of halogens is 3. The van der Waals surface area contributed by atoms with E-state index in [-0.39, 0.29) is 5.56 Å². The fourth-order valence-corrected chi connectivity index (χ4v) is 1.82. The molecule has 2 rings (SSSR count). The Bertz CT molecular complexity index is 582. The lowest BCUT2D eigenvalue weighted by atomic mass is 9.94. The van der Waals surface area contributed by atoms with Crippen molar-refractivity contribution in [3.63, 3.8) is 0 Å². The van der Waals surface area contributed by atoms with Crippen molar-refractivity contribution in [1.82, 2.24) is 0 Å². The molecule has 4 heteroatoms. The predicted molar refractivity (Wildman–Crippen MR) is 63.5 cm³/mol. The van der Waals surface area contributed by atoms with Gasteiger partial charge in [-0.2, -0.15) is 13.2 Å². The zero-order valence-electron chi connectivity index (χ0n) is 9.66. The highest BCUT2D eigenvalue weighted by Crippen LogP contribution is 2.30. The van der Waals surface area contributed by atoms with Crippen LogP contribution in [0, 0.1) is 5.92 Å². The van der Waals surface area contributed by atoms with Gasteiger partial charge in [0.15, 0.2) is 5.78 Å². The van der Waals surface area contributed by atoms with Crippen LogP contribution in [0.25, 0.3) is 10.8 Å². The van der Waals surface area contributed by atoms with E-state index in [0.717, 1.165) is 12.3 Å². The maximum Gasteiger partial charge on any atom is 0.398 e. The van der Waals surface area contributed by atoms with Crippen LogP contribution < -0.4 is 0 Å². The van der Waals surface area contributed by atoms with Gasteiger partial charge < -0.3 is 0 Å². The van der Waals surface area contributed by atoms with E-state index < -0.39 is 17.9 Å². The van der Waals surface area contributed by atoms with E-state index in [1.54, 1.807) is 36.4 Å². The summed E-state index contributed by atoms with van der Waals surface area (Å²) in [7, 11) is 0. The highest BCUT2D eigenvalue weighted by Gasteiger charge is 2.41. The van der Waals surface area contributed by atoms with E-state index >= 15 is 0 Å². The molecule has 0 aromatic heterocycles. The van der Waals surface area contributed by atoms with Crippen LogP contribution >= 0.6 is 0 Å². The monoisotopic (exact) mass is 252 g/mol. The normalized spacial score (nSPS) is 13.6. The Balaban J connectivity index is 2.52. The summed E-state index contributed by atoms with van der Waals surface area (Å²) in [5.41, 5.74) is 0.123. The van der Waals surface area contributed by atoms with Gasteiger partial charge >= 0.3 is 6.18 Å². The van der Waals surface area contributed by atoms with Crippen molar-refractivity contribution in [2.75, 3.05) is 0 Å². The Kier molecular flexibility index (Phi) is 3.11. The molecule has 2 aromatic rings. The average molecular weight is 252 g/mol. The first-order chi connectivity index (χ1) is 8.41. The molecule has 0 saturated heterocycles. The second-order valence-corrected chi connectivity index (χ2v) is 4.15. The molecular weight excluding hydrogens is 241 g/mol. The molecule has 0 aliphatic heterocycles. The van der Waals surface area contributed by atoms with Crippen LogP contribution in [0.5, 0.6) is 0 Å². The van der Waals surface area contributed by atoms with E-state index in [4.69, 9.17) is 0 Å². The lowest BCUT2D eigenvalue weighted by Crippen LogP contribution is -2.28. The van der Waals surface area contributed by atoms with Crippen LogP contribution in [0.15, 0.2) is 42.5 Å². The number of ketones is 1. The molecule has 0 bridgehead atoms. The Labute approximate surface area is 102 Å². The topological polar surface area (TPSA) is 17.1 Å². The van der Waals surface area contributed by atoms with Crippen LogP contribution in [0.2, 0.25) is 0 Å². The van der Waals surface area contributed by atoms with E-state index in [1.807, 2.05) is 0 Å². The molecule has 0 aliphatic rings. The lowest BCUT2D eigenvalue weighted by Gasteiger charge is -2.15. The van der Waals surface area contributed by atoms with Crippen LogP contribution in [-0.2, 0) is 0 Å². The molecule has 18 heavy (non-hydrogen) atoms. The average Bonchev–Trinajstić information content (AvgIpc) is 2.35. The molecule has 0 aliphatic carbocycles. The first-order valence-electron chi connectivity index (χ1n) is 5.50. The molecular formula is C14H11F3O. The van der Waals surface area contributed by atoms with Gasteiger partial charge in [-0.25, -0.2) is 0 Å². The molecule has 2 aromatic carbocycles. The summed E-state index contributed by atoms with van der Waals surface area (Å²) in [6.45, 7) is 0.893. The summed E-state index contributed by atoms with van der Waals surface area (Å²) >= 11 is 0. The third-order valence-electron chi connectivity index (χ3n) is 2.94. The van der Waals surface area contributed by atoms with Crippen molar-refractivity contribution < 1.29 is 18.0 Å². The standard InChI is InChI=1S/C14H11F3O/c1-9(14(15,16)17)13(18)12-8-4-6-10-5-2-3-7-11(10)12/h2-9H,1H3. The van der Waals surface area contributed by atoms with Crippen molar-refractivity contribution in [2.24, 2.45) is 5.92 Å². The summed E-state index contributed by atoms with van der Waals surface area (Å²) in [4.78, 5) is 11.9. The second kappa shape index (κ2) is 4.44. The highest BCUT2D eigenvalue weighted by molar-refractivity contribution is 6.09. The zero-order chi connectivity index (χ0) is 13.3. The summed E-state index contributed by atoms with van der Waals surface area (Å²) in [6, 6.07) is 11.7. The molecule has 94 valence electrons. The molecule has 1 atom stereocenters. The van der Waals surface area contributed by atoms with E-state index in [9.17, 15) is 18.0 Å². The van der Waals surface area contributed by atoms with Crippen molar-refractivity contribution in [3.05, 3.63) is 48.0 Å². The molecule has 0 radical (unpaired) electrons. The van der Waals surface area contributed by atoms with Gasteiger partial charge in [-0.05, 0) is 17.7 Å². The quantitative estimate of drug-likeness (QED) is 0.731. The summed E-state index contributed by atoms with van der Waals surface area (Å²) in [5, 5.41) is 1.32. The summed E-state index contributed by atoms with van der Waals surface area (Å²) < 4.78 is 37.7. The Morgan fingerprint density at radius 2 is 1.67 bits per heavy atom. The minimum Gasteiger partial charge on any atom is -0.293 e. The Morgan fingerprint density at radius 3 is 2.33 bits per heavy atom. The summed E-state index contributed by atoms with van der Waals surface area (Å²) in [6.07, 6.45) is -4.51. The van der Waals surface area contributed by atoms with E-state index in [0.29, 0.717) is 5.39 Å². The molecule has 0 fully saturated rings. The van der Waals surface area contributed by atoms with Gasteiger partial charge in [0, 0.05) is 5.56 Å². The molecule has 1 unspecified atom stereocenters. The molecule has 0 saturated carbocycles. The smallest absolute Gasteiger partial charge is 0.293 e. The number of alkyl halides is 3. The number of carbonyl (C=O) groups is 1. The van der Waals surface area contributed by atoms with Crippen LogP contribution in [-0.4, -0.2) is 12.0 Å². The van der Waals surface area contributed by atoms with Crippen molar-refractivity contribution >= 4 is 16.6 Å².